The van der Waals surface area contributed by atoms with Gasteiger partial charge >= 0.3 is 0 Å². The number of para-hydroxylation sites is 1. The SMILES string of the molecule is CC(C)CNC(=O)[C@H](C)N(Cc1ccc(F)cc1)C(=O)CN(c1ccccc1C(C)C)S(C)(=O)=O. The quantitative estimate of drug-likeness (QED) is 0.502. The monoisotopic (exact) mass is 505 g/mol. The molecule has 192 valence electrons. The summed E-state index contributed by atoms with van der Waals surface area (Å²) in [4.78, 5) is 27.7. The smallest absolute Gasteiger partial charge is 0.244 e. The van der Waals surface area contributed by atoms with E-state index in [9.17, 15) is 22.4 Å². The number of rotatable bonds is 11. The highest BCUT2D eigenvalue weighted by Crippen LogP contribution is 2.29. The molecular formula is C26H36FN3O4S. The van der Waals surface area contributed by atoms with Crippen LogP contribution in [0.15, 0.2) is 48.5 Å². The fourth-order valence-electron chi connectivity index (χ4n) is 3.62. The second-order valence-electron chi connectivity index (χ2n) is 9.45. The van der Waals surface area contributed by atoms with Crippen LogP contribution in [0.3, 0.4) is 0 Å². The van der Waals surface area contributed by atoms with Crippen molar-refractivity contribution in [3.63, 3.8) is 0 Å². The second-order valence-corrected chi connectivity index (χ2v) is 11.4. The number of amides is 2. The Labute approximate surface area is 208 Å². The lowest BCUT2D eigenvalue weighted by atomic mass is 10.0. The third kappa shape index (κ3) is 8.06. The third-order valence-corrected chi connectivity index (χ3v) is 6.75. The van der Waals surface area contributed by atoms with Crippen LogP contribution in [0, 0.1) is 11.7 Å². The molecule has 2 rings (SSSR count). The van der Waals surface area contributed by atoms with Gasteiger partial charge in [0.1, 0.15) is 18.4 Å². The first-order chi connectivity index (χ1) is 16.3. The van der Waals surface area contributed by atoms with Crippen LogP contribution in [0.1, 0.15) is 51.7 Å². The topological polar surface area (TPSA) is 86.8 Å². The van der Waals surface area contributed by atoms with Crippen molar-refractivity contribution >= 4 is 27.5 Å². The van der Waals surface area contributed by atoms with Crippen LogP contribution in [0.5, 0.6) is 0 Å². The maximum absolute atomic E-state index is 13.6. The highest BCUT2D eigenvalue weighted by molar-refractivity contribution is 7.92. The summed E-state index contributed by atoms with van der Waals surface area (Å²) in [5.74, 6) is -1.04. The minimum absolute atomic E-state index is 0.0266. The van der Waals surface area contributed by atoms with E-state index in [0.717, 1.165) is 16.1 Å². The predicted octanol–water partition coefficient (Wildman–Crippen LogP) is 3.90. The highest BCUT2D eigenvalue weighted by Gasteiger charge is 2.31. The molecule has 0 spiro atoms. The van der Waals surface area contributed by atoms with Gasteiger partial charge < -0.3 is 10.2 Å². The molecule has 0 aromatic heterocycles. The van der Waals surface area contributed by atoms with Crippen LogP contribution < -0.4 is 9.62 Å². The molecule has 1 N–H and O–H groups in total. The van der Waals surface area contributed by atoms with E-state index in [1.54, 1.807) is 19.1 Å². The first-order valence-electron chi connectivity index (χ1n) is 11.7. The Morgan fingerprint density at radius 1 is 0.971 bits per heavy atom. The van der Waals surface area contributed by atoms with Crippen LogP contribution >= 0.6 is 0 Å². The molecule has 0 bridgehead atoms. The van der Waals surface area contributed by atoms with Gasteiger partial charge in [-0.15, -0.1) is 0 Å². The van der Waals surface area contributed by atoms with Crippen LogP contribution in [0.4, 0.5) is 10.1 Å². The molecule has 7 nitrogen and oxygen atoms in total. The Hall–Kier alpha value is -2.94. The zero-order chi connectivity index (χ0) is 26.3. The average Bonchev–Trinajstić information content (AvgIpc) is 2.79. The number of halogens is 1. The molecule has 0 aliphatic rings. The summed E-state index contributed by atoms with van der Waals surface area (Å²) in [5.41, 5.74) is 1.84. The Kier molecular flexibility index (Phi) is 9.82. The standard InChI is InChI=1S/C26H36FN3O4S/c1-18(2)15-28-26(32)20(5)29(16-21-11-13-22(27)14-12-21)25(31)17-30(35(6,33)34)24-10-8-7-9-23(24)19(3)4/h7-14,18-20H,15-17H2,1-6H3,(H,28,32)/t20-/m0/s1. The Morgan fingerprint density at radius 3 is 2.11 bits per heavy atom. The van der Waals surface area contributed by atoms with Crippen LogP contribution in [-0.2, 0) is 26.2 Å². The average molecular weight is 506 g/mol. The van der Waals surface area contributed by atoms with Gasteiger partial charge in [-0.2, -0.15) is 0 Å². The highest BCUT2D eigenvalue weighted by atomic mass is 32.2. The molecule has 0 saturated heterocycles. The van der Waals surface area contributed by atoms with E-state index >= 15 is 0 Å². The van der Waals surface area contributed by atoms with Gasteiger partial charge in [-0.05, 0) is 48.1 Å². The summed E-state index contributed by atoms with van der Waals surface area (Å²) in [7, 11) is -3.81. The van der Waals surface area contributed by atoms with Crippen molar-refractivity contribution in [3.05, 3.63) is 65.5 Å². The minimum atomic E-state index is -3.81. The van der Waals surface area contributed by atoms with E-state index in [1.807, 2.05) is 39.8 Å². The molecule has 1 atom stereocenters. The Morgan fingerprint density at radius 2 is 1.57 bits per heavy atom. The molecule has 0 aliphatic heterocycles. The molecule has 0 fully saturated rings. The van der Waals surface area contributed by atoms with E-state index in [1.165, 1.54) is 29.2 Å². The van der Waals surface area contributed by atoms with Gasteiger partial charge in [-0.1, -0.05) is 58.0 Å². The molecule has 35 heavy (non-hydrogen) atoms. The molecule has 0 heterocycles. The maximum Gasteiger partial charge on any atom is 0.244 e. The van der Waals surface area contributed by atoms with E-state index in [4.69, 9.17) is 0 Å². The molecule has 2 amide bonds. The summed E-state index contributed by atoms with van der Waals surface area (Å²) in [6.45, 7) is 9.42. The molecule has 0 unspecified atom stereocenters. The second kappa shape index (κ2) is 12.2. The van der Waals surface area contributed by atoms with Gasteiger partial charge in [0.25, 0.3) is 0 Å². The lowest BCUT2D eigenvalue weighted by molar-refractivity contribution is -0.139. The van der Waals surface area contributed by atoms with Gasteiger partial charge in [-0.25, -0.2) is 12.8 Å². The summed E-state index contributed by atoms with van der Waals surface area (Å²) in [6, 6.07) is 11.8. The summed E-state index contributed by atoms with van der Waals surface area (Å²) in [5, 5.41) is 2.83. The number of anilines is 1. The minimum Gasteiger partial charge on any atom is -0.354 e. The van der Waals surface area contributed by atoms with Gasteiger partial charge in [0.15, 0.2) is 0 Å². The normalized spacial score (nSPS) is 12.5. The van der Waals surface area contributed by atoms with Gasteiger partial charge in [0.05, 0.1) is 11.9 Å². The number of hydrogen-bond acceptors (Lipinski definition) is 4. The van der Waals surface area contributed by atoms with E-state index in [-0.39, 0.29) is 24.3 Å². The number of carbonyl (C=O) groups excluding carboxylic acids is 2. The van der Waals surface area contributed by atoms with Crippen molar-refractivity contribution in [3.8, 4) is 0 Å². The van der Waals surface area contributed by atoms with Crippen LogP contribution in [0.25, 0.3) is 0 Å². The number of nitrogens with one attached hydrogen (secondary N) is 1. The Bertz CT molecular complexity index is 1120. The van der Waals surface area contributed by atoms with Crippen molar-refractivity contribution in [2.24, 2.45) is 5.92 Å². The van der Waals surface area contributed by atoms with Crippen LogP contribution in [0.2, 0.25) is 0 Å². The fraction of sp³-hybridized carbons (Fsp3) is 0.462. The largest absolute Gasteiger partial charge is 0.354 e. The number of sulfonamides is 1. The fourth-order valence-corrected chi connectivity index (χ4v) is 4.49. The zero-order valence-corrected chi connectivity index (χ0v) is 22.1. The molecular weight excluding hydrogens is 469 g/mol. The van der Waals surface area contributed by atoms with Crippen molar-refractivity contribution in [2.45, 2.75) is 53.1 Å². The third-order valence-electron chi connectivity index (χ3n) is 5.62. The summed E-state index contributed by atoms with van der Waals surface area (Å²) < 4.78 is 40.1. The number of benzene rings is 2. The van der Waals surface area contributed by atoms with E-state index < -0.39 is 34.3 Å². The predicted molar refractivity (Wildman–Crippen MR) is 137 cm³/mol. The van der Waals surface area contributed by atoms with E-state index in [0.29, 0.717) is 17.8 Å². The molecule has 0 radical (unpaired) electrons. The molecule has 2 aromatic carbocycles. The van der Waals surface area contributed by atoms with Crippen molar-refractivity contribution in [1.82, 2.24) is 10.2 Å². The molecule has 9 heteroatoms. The maximum atomic E-state index is 13.6. The van der Waals surface area contributed by atoms with Crippen molar-refractivity contribution in [2.75, 3.05) is 23.7 Å². The van der Waals surface area contributed by atoms with E-state index in [2.05, 4.69) is 5.32 Å². The van der Waals surface area contributed by atoms with Gasteiger partial charge in [0, 0.05) is 13.1 Å². The lowest BCUT2D eigenvalue weighted by Gasteiger charge is -2.32. The number of carbonyl (C=O) groups is 2. The summed E-state index contributed by atoms with van der Waals surface area (Å²) in [6.07, 6.45) is 1.06. The first-order valence-corrected chi connectivity index (χ1v) is 13.5. The zero-order valence-electron chi connectivity index (χ0n) is 21.3. The molecule has 0 saturated carbocycles. The number of hydrogen-bond donors (Lipinski definition) is 1. The Balaban J connectivity index is 2.42. The lowest BCUT2D eigenvalue weighted by Crippen LogP contribution is -2.51. The molecule has 0 aliphatic carbocycles. The van der Waals surface area contributed by atoms with Crippen LogP contribution in [-0.4, -0.2) is 50.5 Å². The summed E-state index contributed by atoms with van der Waals surface area (Å²) >= 11 is 0. The van der Waals surface area contributed by atoms with Crippen molar-refractivity contribution < 1.29 is 22.4 Å². The first kappa shape index (κ1) is 28.3. The molecule has 2 aromatic rings. The van der Waals surface area contributed by atoms with Gasteiger partial charge in [0.2, 0.25) is 21.8 Å². The van der Waals surface area contributed by atoms with Gasteiger partial charge in [-0.3, -0.25) is 13.9 Å². The van der Waals surface area contributed by atoms with Crippen molar-refractivity contribution in [1.29, 1.82) is 0 Å². The number of nitrogens with zero attached hydrogens (tertiary/aromatic N) is 2.